The van der Waals surface area contributed by atoms with Gasteiger partial charge in [0.2, 0.25) is 5.91 Å². The predicted molar refractivity (Wildman–Crippen MR) is 130 cm³/mol. The van der Waals surface area contributed by atoms with Crippen LogP contribution in [0.2, 0.25) is 0 Å². The monoisotopic (exact) mass is 591 g/mol. The van der Waals surface area contributed by atoms with Gasteiger partial charge in [-0.1, -0.05) is 6.07 Å². The quantitative estimate of drug-likeness (QED) is 0.469. The molecule has 0 bridgehead atoms. The van der Waals surface area contributed by atoms with Crippen LogP contribution in [0.4, 0.5) is 26.3 Å². The van der Waals surface area contributed by atoms with E-state index in [0.717, 1.165) is 22.7 Å². The zero-order valence-electron chi connectivity index (χ0n) is 20.5. The number of aryl methyl sites for hydroxylation is 1. The van der Waals surface area contributed by atoms with Gasteiger partial charge in [0.05, 0.1) is 17.8 Å². The standard InChI is InChI=1S/C24H23F6N5O2S2/c1-34-11-15(10-32-34)14-2-3-18(17(8-14)23(25,26)27)38-16-9-19(39(37)33-21(13-31)4-5-21)35(12-16)20(36)22(6-7-22)24(28,29)30/h2-3,8,10-11,16,19,33H,4-7,9,12H2,1H3. The summed E-state index contributed by atoms with van der Waals surface area (Å²) in [4.78, 5) is 13.9. The number of halogens is 6. The van der Waals surface area contributed by atoms with Gasteiger partial charge in [-0.05, 0) is 49.8 Å². The molecule has 1 aliphatic heterocycles. The third-order valence-electron chi connectivity index (χ3n) is 7.30. The molecular weight excluding hydrogens is 568 g/mol. The second-order valence-electron chi connectivity index (χ2n) is 10.2. The summed E-state index contributed by atoms with van der Waals surface area (Å²) >= 11 is 0.791. The summed E-state index contributed by atoms with van der Waals surface area (Å²) < 4.78 is 101. The van der Waals surface area contributed by atoms with Gasteiger partial charge < -0.3 is 4.90 Å². The van der Waals surface area contributed by atoms with Crippen LogP contribution in [-0.4, -0.2) is 53.7 Å². The fraction of sp³-hybridized carbons (Fsp3) is 0.542. The highest BCUT2D eigenvalue weighted by Gasteiger charge is 2.70. The maximum atomic E-state index is 14.0. The molecule has 1 aromatic heterocycles. The summed E-state index contributed by atoms with van der Waals surface area (Å²) in [6.07, 6.45) is -6.62. The summed E-state index contributed by atoms with van der Waals surface area (Å²) in [6.45, 7) is -0.305. The molecule has 3 aliphatic rings. The second kappa shape index (κ2) is 9.52. The third-order valence-corrected chi connectivity index (χ3v) is 10.1. The number of nitriles is 1. The molecule has 2 saturated carbocycles. The second-order valence-corrected chi connectivity index (χ2v) is 12.9. The van der Waals surface area contributed by atoms with Crippen LogP contribution in [0.15, 0.2) is 35.5 Å². The van der Waals surface area contributed by atoms with Crippen LogP contribution in [0.1, 0.15) is 37.7 Å². The number of nitrogens with one attached hydrogen (secondary N) is 1. The zero-order chi connectivity index (χ0) is 28.4. The molecule has 2 aliphatic carbocycles. The Balaban J connectivity index is 1.42. The van der Waals surface area contributed by atoms with Crippen molar-refractivity contribution in [1.82, 2.24) is 19.4 Å². The van der Waals surface area contributed by atoms with E-state index in [4.69, 9.17) is 0 Å². The van der Waals surface area contributed by atoms with Crippen molar-refractivity contribution < 1.29 is 35.3 Å². The number of amides is 1. The van der Waals surface area contributed by atoms with Crippen LogP contribution in [0.25, 0.3) is 11.1 Å². The van der Waals surface area contributed by atoms with Gasteiger partial charge in [-0.15, -0.1) is 11.8 Å². The van der Waals surface area contributed by atoms with Crippen molar-refractivity contribution in [2.75, 3.05) is 6.54 Å². The lowest BCUT2D eigenvalue weighted by Crippen LogP contribution is -2.50. The first-order valence-corrected chi connectivity index (χ1v) is 14.1. The number of carbonyl (C=O) groups is 1. The first-order chi connectivity index (χ1) is 18.2. The summed E-state index contributed by atoms with van der Waals surface area (Å²) in [5, 5.41) is 11.3. The molecule has 7 nitrogen and oxygen atoms in total. The molecule has 0 radical (unpaired) electrons. The molecule has 1 aromatic carbocycles. The van der Waals surface area contributed by atoms with Crippen molar-refractivity contribution in [3.05, 3.63) is 36.2 Å². The number of rotatable bonds is 7. The van der Waals surface area contributed by atoms with Gasteiger partial charge in [-0.3, -0.25) is 9.48 Å². The van der Waals surface area contributed by atoms with Crippen molar-refractivity contribution in [1.29, 1.82) is 5.26 Å². The largest absolute Gasteiger partial charge is 0.417 e. The van der Waals surface area contributed by atoms with E-state index in [1.165, 1.54) is 23.0 Å². The molecule has 1 saturated heterocycles. The van der Waals surface area contributed by atoms with Crippen LogP contribution < -0.4 is 4.72 Å². The molecule has 39 heavy (non-hydrogen) atoms. The highest BCUT2D eigenvalue weighted by Crippen LogP contribution is 2.59. The minimum absolute atomic E-state index is 0.104. The molecular formula is C24H23F6N5O2S2. The van der Waals surface area contributed by atoms with Crippen LogP contribution in [0.3, 0.4) is 0 Å². The Bertz CT molecular complexity index is 1360. The predicted octanol–water partition coefficient (Wildman–Crippen LogP) is 4.78. The van der Waals surface area contributed by atoms with E-state index in [0.29, 0.717) is 24.0 Å². The molecule has 1 amide bonds. The Morgan fingerprint density at radius 1 is 1.18 bits per heavy atom. The van der Waals surface area contributed by atoms with Crippen molar-refractivity contribution in [2.45, 2.75) is 65.5 Å². The molecule has 210 valence electrons. The molecule has 1 N–H and O–H groups in total. The van der Waals surface area contributed by atoms with Gasteiger partial charge in [0.1, 0.15) is 27.3 Å². The number of hydrogen-bond donors (Lipinski definition) is 1. The molecule has 15 heteroatoms. The van der Waals surface area contributed by atoms with Gasteiger partial charge in [0.25, 0.3) is 0 Å². The summed E-state index contributed by atoms with van der Waals surface area (Å²) in [5.74, 6) is -1.22. The SMILES string of the molecule is Cn1cc(-c2ccc(SC3CC(S(=O)NC4(C#N)CC4)N(C(=O)C4(C(F)(F)F)CC4)C3)c(C(F)(F)F)c2)cn1. The van der Waals surface area contributed by atoms with Gasteiger partial charge in [0, 0.05) is 35.5 Å². The van der Waals surface area contributed by atoms with Crippen molar-refractivity contribution in [3.8, 4) is 17.2 Å². The summed E-state index contributed by atoms with van der Waals surface area (Å²) in [7, 11) is -0.462. The number of thioether (sulfide) groups is 1. The minimum atomic E-state index is -4.80. The highest BCUT2D eigenvalue weighted by atomic mass is 32.2. The van der Waals surface area contributed by atoms with E-state index >= 15 is 0 Å². The smallest absolute Gasteiger partial charge is 0.325 e. The lowest BCUT2D eigenvalue weighted by Gasteiger charge is -2.29. The van der Waals surface area contributed by atoms with E-state index in [2.05, 4.69) is 9.82 Å². The van der Waals surface area contributed by atoms with Crippen molar-refractivity contribution in [2.24, 2.45) is 12.5 Å². The minimum Gasteiger partial charge on any atom is -0.325 e. The fourth-order valence-corrected chi connectivity index (χ4v) is 7.72. The van der Waals surface area contributed by atoms with Crippen LogP contribution >= 0.6 is 11.8 Å². The third kappa shape index (κ3) is 5.30. The van der Waals surface area contributed by atoms with Gasteiger partial charge in [-0.2, -0.15) is 36.7 Å². The number of aromatic nitrogens is 2. The Hall–Kier alpha value is -2.57. The zero-order valence-corrected chi connectivity index (χ0v) is 22.1. The number of alkyl halides is 6. The van der Waals surface area contributed by atoms with Crippen molar-refractivity contribution >= 4 is 28.7 Å². The average Bonchev–Trinajstić information content (AvgIpc) is 3.75. The van der Waals surface area contributed by atoms with Gasteiger partial charge >= 0.3 is 12.4 Å². The summed E-state index contributed by atoms with van der Waals surface area (Å²) in [5.41, 5.74) is -3.79. The first kappa shape index (κ1) is 28.0. The normalized spacial score (nSPS) is 24.3. The molecule has 3 fully saturated rings. The Morgan fingerprint density at radius 3 is 2.38 bits per heavy atom. The van der Waals surface area contributed by atoms with E-state index in [1.807, 2.05) is 6.07 Å². The number of hydrogen-bond acceptors (Lipinski definition) is 5. The van der Waals surface area contributed by atoms with Crippen LogP contribution in [0, 0.1) is 16.7 Å². The molecule has 3 unspecified atom stereocenters. The molecule has 3 atom stereocenters. The van der Waals surface area contributed by atoms with E-state index < -0.39 is 69.2 Å². The number of carbonyl (C=O) groups excluding carboxylic acids is 1. The number of likely N-dealkylation sites (tertiary alicyclic amines) is 1. The molecule has 0 spiro atoms. The maximum Gasteiger partial charge on any atom is 0.417 e. The fourth-order valence-electron chi connectivity index (χ4n) is 4.69. The number of benzene rings is 1. The van der Waals surface area contributed by atoms with Crippen LogP contribution in [0.5, 0.6) is 0 Å². The van der Waals surface area contributed by atoms with E-state index in [1.54, 1.807) is 13.2 Å². The maximum absolute atomic E-state index is 14.0. The molecule has 2 heterocycles. The van der Waals surface area contributed by atoms with E-state index in [-0.39, 0.29) is 17.9 Å². The van der Waals surface area contributed by atoms with Gasteiger partial charge in [-0.25, -0.2) is 8.93 Å². The summed E-state index contributed by atoms with van der Waals surface area (Å²) in [6, 6.07) is 5.76. The lowest BCUT2D eigenvalue weighted by molar-refractivity contribution is -0.198. The van der Waals surface area contributed by atoms with Crippen molar-refractivity contribution in [3.63, 3.8) is 0 Å². The van der Waals surface area contributed by atoms with E-state index in [9.17, 15) is 40.6 Å². The lowest BCUT2D eigenvalue weighted by atomic mass is 10.1. The number of nitrogens with zero attached hydrogens (tertiary/aromatic N) is 4. The molecule has 5 rings (SSSR count). The Morgan fingerprint density at radius 2 is 1.87 bits per heavy atom. The average molecular weight is 592 g/mol. The van der Waals surface area contributed by atoms with Crippen LogP contribution in [-0.2, 0) is 29.0 Å². The topological polar surface area (TPSA) is 91.0 Å². The first-order valence-electron chi connectivity index (χ1n) is 12.0. The molecule has 2 aromatic rings. The van der Waals surface area contributed by atoms with Gasteiger partial charge in [0.15, 0.2) is 0 Å². The Labute approximate surface area is 226 Å². The Kier molecular flexibility index (Phi) is 6.83. The highest BCUT2D eigenvalue weighted by molar-refractivity contribution is 8.00.